The molecule has 1 aromatic carbocycles. The van der Waals surface area contributed by atoms with E-state index in [1.165, 1.54) is 17.7 Å². The molecule has 0 bridgehead atoms. The molecule has 0 saturated heterocycles. The maximum atomic E-state index is 12.4. The summed E-state index contributed by atoms with van der Waals surface area (Å²) in [4.78, 5) is 51.4. The molecule has 11 heteroatoms. The van der Waals surface area contributed by atoms with Crippen molar-refractivity contribution >= 4 is 34.3 Å². The fraction of sp³-hybridized carbons (Fsp3) is 0.143. The van der Waals surface area contributed by atoms with Crippen molar-refractivity contribution in [3.8, 4) is 11.5 Å². The van der Waals surface area contributed by atoms with Crippen LogP contribution in [0.3, 0.4) is 0 Å². The Kier molecular flexibility index (Phi) is 10.6. The Hall–Kier alpha value is -5.68. The summed E-state index contributed by atoms with van der Waals surface area (Å²) >= 11 is 1.49. The molecule has 0 aliphatic heterocycles. The molecule has 0 fully saturated rings. The van der Waals surface area contributed by atoms with Crippen molar-refractivity contribution in [2.24, 2.45) is 0 Å². The van der Waals surface area contributed by atoms with Gasteiger partial charge in [0.25, 0.3) is 0 Å². The van der Waals surface area contributed by atoms with E-state index in [1.807, 2.05) is 67.6 Å². The normalized spacial score (nSPS) is 10.4. The first kappa shape index (κ1) is 31.7. The molecule has 0 aliphatic rings. The minimum Gasteiger partial charge on any atom is -0.456 e. The molecular weight excluding hydrogens is 598 g/mol. The molecule has 5 heterocycles. The van der Waals surface area contributed by atoms with Gasteiger partial charge in [0.15, 0.2) is 11.6 Å². The number of nitrogens with zero attached hydrogens (tertiary/aromatic N) is 7. The fourth-order valence-corrected chi connectivity index (χ4v) is 5.14. The second-order valence-electron chi connectivity index (χ2n) is 10.3. The van der Waals surface area contributed by atoms with E-state index >= 15 is 0 Å². The number of hydrogen-bond acceptors (Lipinski definition) is 11. The number of aromatic nitrogens is 6. The highest BCUT2D eigenvalue weighted by Crippen LogP contribution is 2.23. The Morgan fingerprint density at radius 3 is 2.24 bits per heavy atom. The lowest BCUT2D eigenvalue weighted by Gasteiger charge is -2.18. The van der Waals surface area contributed by atoms with Crippen molar-refractivity contribution in [2.75, 3.05) is 11.9 Å². The number of ether oxygens (including phenoxy) is 1. The molecule has 5 aromatic heterocycles. The molecule has 46 heavy (non-hydrogen) atoms. The average molecular weight is 630 g/mol. The first-order valence-electron chi connectivity index (χ1n) is 14.4. The zero-order valence-electron chi connectivity index (χ0n) is 25.6. The van der Waals surface area contributed by atoms with Crippen LogP contribution in [0, 0.1) is 13.8 Å². The number of Topliss-reactive ketones (excluding diaryl/α,β-unsaturated/α-hetero) is 2. The SMILES string of the molecule is Cc1cccc(CC(=O)c2cc(Oc3cccnc3)ccn2)c1.Cc1csc(CC(=O)c2cc(N(C)c3cncnc3)ccn2)n1. The van der Waals surface area contributed by atoms with Gasteiger partial charge in [0.2, 0.25) is 0 Å². The lowest BCUT2D eigenvalue weighted by molar-refractivity contribution is 0.0980. The van der Waals surface area contributed by atoms with E-state index < -0.39 is 0 Å². The summed E-state index contributed by atoms with van der Waals surface area (Å²) in [6.45, 7) is 3.93. The van der Waals surface area contributed by atoms with Gasteiger partial charge >= 0.3 is 0 Å². The van der Waals surface area contributed by atoms with Crippen molar-refractivity contribution in [1.82, 2.24) is 29.9 Å². The molecule has 0 atom stereocenters. The van der Waals surface area contributed by atoms with E-state index in [0.29, 0.717) is 29.3 Å². The molecule has 10 nitrogen and oxygen atoms in total. The van der Waals surface area contributed by atoms with Crippen LogP contribution in [0.4, 0.5) is 11.4 Å². The number of rotatable bonds is 10. The number of carbonyl (C=O) groups is 2. The molecule has 230 valence electrons. The fourth-order valence-electron chi connectivity index (χ4n) is 4.37. The minimum atomic E-state index is -0.0427. The van der Waals surface area contributed by atoms with E-state index in [-0.39, 0.29) is 18.0 Å². The van der Waals surface area contributed by atoms with Crippen LogP contribution < -0.4 is 9.64 Å². The van der Waals surface area contributed by atoms with Gasteiger partial charge in [-0.05, 0) is 49.7 Å². The van der Waals surface area contributed by atoms with Crippen molar-refractivity contribution in [3.63, 3.8) is 0 Å². The minimum absolute atomic E-state index is 0.0350. The summed E-state index contributed by atoms with van der Waals surface area (Å²) in [5, 5.41) is 2.75. The van der Waals surface area contributed by atoms with Crippen molar-refractivity contribution in [1.29, 1.82) is 0 Å². The van der Waals surface area contributed by atoms with Gasteiger partial charge < -0.3 is 9.64 Å². The van der Waals surface area contributed by atoms with Gasteiger partial charge in [-0.15, -0.1) is 11.3 Å². The molecule has 0 unspecified atom stereocenters. The second kappa shape index (κ2) is 15.4. The van der Waals surface area contributed by atoms with Crippen molar-refractivity contribution in [3.05, 3.63) is 143 Å². The van der Waals surface area contributed by atoms with E-state index in [1.54, 1.807) is 61.4 Å². The summed E-state index contributed by atoms with van der Waals surface area (Å²) in [5.74, 6) is 1.11. The maximum Gasteiger partial charge on any atom is 0.188 e. The van der Waals surface area contributed by atoms with Crippen LogP contribution in [0.25, 0.3) is 0 Å². The number of ketones is 2. The van der Waals surface area contributed by atoms with Crippen molar-refractivity contribution in [2.45, 2.75) is 26.7 Å². The molecule has 0 saturated carbocycles. The highest BCUT2D eigenvalue weighted by Gasteiger charge is 2.14. The van der Waals surface area contributed by atoms with Gasteiger partial charge in [-0.1, -0.05) is 29.8 Å². The average Bonchev–Trinajstić information content (AvgIpc) is 3.49. The Bertz CT molecular complexity index is 1920. The quantitative estimate of drug-likeness (QED) is 0.149. The first-order chi connectivity index (χ1) is 22.3. The molecule has 0 N–H and O–H groups in total. The van der Waals surface area contributed by atoms with E-state index in [0.717, 1.165) is 33.2 Å². The predicted octanol–water partition coefficient (Wildman–Crippen LogP) is 6.83. The van der Waals surface area contributed by atoms with Gasteiger partial charge in [0.1, 0.15) is 34.2 Å². The van der Waals surface area contributed by atoms with Crippen molar-refractivity contribution < 1.29 is 14.3 Å². The molecule has 6 aromatic rings. The summed E-state index contributed by atoms with van der Waals surface area (Å²) in [6, 6.07) is 18.5. The van der Waals surface area contributed by atoms with Crippen LogP contribution in [0.5, 0.6) is 11.5 Å². The summed E-state index contributed by atoms with van der Waals surface area (Å²) in [6.07, 6.45) is 12.0. The van der Waals surface area contributed by atoms with Crippen LogP contribution in [-0.2, 0) is 12.8 Å². The largest absolute Gasteiger partial charge is 0.456 e. The Morgan fingerprint density at radius 1 is 0.761 bits per heavy atom. The first-order valence-corrected chi connectivity index (χ1v) is 15.2. The molecule has 0 radical (unpaired) electrons. The molecular formula is C35H31N7O3S. The van der Waals surface area contributed by atoms with Crippen LogP contribution in [0.2, 0.25) is 0 Å². The topological polar surface area (TPSA) is 124 Å². The third-order valence-electron chi connectivity index (χ3n) is 6.66. The van der Waals surface area contributed by atoms with Crippen LogP contribution in [0.1, 0.15) is 42.8 Å². The summed E-state index contributed by atoms with van der Waals surface area (Å²) in [5.41, 5.74) is 5.57. The standard InChI is InChI=1S/C19H16N2O2.C16H15N5OS/c1-14-4-2-5-15(10-14)11-19(22)18-12-16(7-9-21-18)23-17-6-3-8-20-13-17;1-11-9-23-16(20-11)6-15(22)14-5-12(3-4-19-14)21(2)13-7-17-10-18-8-13/h2-10,12-13H,11H2,1H3;3-5,7-10H,6H2,1-2H3. The third-order valence-corrected chi connectivity index (χ3v) is 7.63. The van der Waals surface area contributed by atoms with Crippen LogP contribution >= 0.6 is 11.3 Å². The summed E-state index contributed by atoms with van der Waals surface area (Å²) in [7, 11) is 1.90. The van der Waals surface area contributed by atoms with Gasteiger partial charge in [-0.3, -0.25) is 24.5 Å². The maximum absolute atomic E-state index is 12.4. The molecule has 6 rings (SSSR count). The zero-order chi connectivity index (χ0) is 32.3. The number of benzene rings is 1. The van der Waals surface area contributed by atoms with Gasteiger partial charge in [0.05, 0.1) is 30.7 Å². The van der Waals surface area contributed by atoms with Crippen LogP contribution in [-0.4, -0.2) is 48.5 Å². The highest BCUT2D eigenvalue weighted by atomic mass is 32.1. The lowest BCUT2D eigenvalue weighted by Crippen LogP contribution is -2.12. The Morgan fingerprint density at radius 2 is 1.52 bits per heavy atom. The molecule has 0 aliphatic carbocycles. The monoisotopic (exact) mass is 629 g/mol. The Labute approximate surface area is 270 Å². The molecule has 0 spiro atoms. The molecule has 0 amide bonds. The number of carbonyl (C=O) groups excluding carboxylic acids is 2. The number of hydrogen-bond donors (Lipinski definition) is 0. The second-order valence-corrected chi connectivity index (χ2v) is 11.2. The summed E-state index contributed by atoms with van der Waals surface area (Å²) < 4.78 is 5.68. The van der Waals surface area contributed by atoms with Gasteiger partial charge in [0, 0.05) is 54.9 Å². The highest BCUT2D eigenvalue weighted by molar-refractivity contribution is 7.09. The van der Waals surface area contributed by atoms with E-state index in [4.69, 9.17) is 4.74 Å². The predicted molar refractivity (Wildman–Crippen MR) is 177 cm³/mol. The van der Waals surface area contributed by atoms with Crippen LogP contribution in [0.15, 0.2) is 110 Å². The smallest absolute Gasteiger partial charge is 0.188 e. The zero-order valence-corrected chi connectivity index (χ0v) is 26.4. The lowest BCUT2D eigenvalue weighted by atomic mass is 10.0. The van der Waals surface area contributed by atoms with E-state index in [2.05, 4.69) is 29.9 Å². The van der Waals surface area contributed by atoms with Gasteiger partial charge in [-0.25, -0.2) is 15.0 Å². The number of aryl methyl sites for hydroxylation is 2. The Balaban J connectivity index is 0.000000181. The third kappa shape index (κ3) is 8.93. The number of anilines is 2. The number of pyridine rings is 3. The van der Waals surface area contributed by atoms with E-state index in [9.17, 15) is 9.59 Å². The van der Waals surface area contributed by atoms with Gasteiger partial charge in [-0.2, -0.15) is 0 Å². The number of thiazole rings is 1.